The van der Waals surface area contributed by atoms with Crippen molar-refractivity contribution in [2.24, 2.45) is 5.92 Å². The molecule has 0 fully saturated rings. The molecule has 0 radical (unpaired) electrons. The van der Waals surface area contributed by atoms with Crippen molar-refractivity contribution < 1.29 is 19.1 Å². The highest BCUT2D eigenvalue weighted by molar-refractivity contribution is 5.94. The number of carbonyl (C=O) groups is 2. The summed E-state index contributed by atoms with van der Waals surface area (Å²) in [7, 11) is 0. The van der Waals surface area contributed by atoms with Crippen LogP contribution in [0.15, 0.2) is 61.7 Å². The molecule has 4 heteroatoms. The minimum Gasteiger partial charge on any atom is -0.460 e. The van der Waals surface area contributed by atoms with Crippen molar-refractivity contribution in [2.75, 3.05) is 0 Å². The summed E-state index contributed by atoms with van der Waals surface area (Å²) in [6.45, 7) is 9.37. The summed E-state index contributed by atoms with van der Waals surface area (Å²) in [5, 5.41) is 0. The monoisotopic (exact) mass is 364 g/mol. The Balaban J connectivity index is 1.86. The van der Waals surface area contributed by atoms with Crippen LogP contribution in [0.3, 0.4) is 0 Å². The van der Waals surface area contributed by atoms with Gasteiger partial charge in [0.2, 0.25) is 0 Å². The normalized spacial score (nSPS) is 10.3. The molecule has 2 aromatic rings. The van der Waals surface area contributed by atoms with Gasteiger partial charge in [-0.25, -0.2) is 0 Å². The maximum Gasteiger partial charge on any atom is 0.320 e. The fourth-order valence-corrected chi connectivity index (χ4v) is 2.44. The van der Waals surface area contributed by atoms with Crippen molar-refractivity contribution >= 4 is 24.1 Å². The molecule has 0 saturated carbocycles. The minimum atomic E-state index is -0.926. The van der Waals surface area contributed by atoms with Crippen LogP contribution in [0.4, 0.5) is 0 Å². The Morgan fingerprint density at radius 3 is 1.48 bits per heavy atom. The van der Waals surface area contributed by atoms with Gasteiger partial charge in [-0.15, -0.1) is 0 Å². The molecule has 0 spiro atoms. The van der Waals surface area contributed by atoms with E-state index in [1.165, 1.54) is 0 Å². The summed E-state index contributed by atoms with van der Waals surface area (Å²) < 4.78 is 10.6. The standard InChI is InChI=1S/C23H24O4/c1-4-17-7-11-19(12-8-17)15-26-22(24)21(6-3)23(25)27-16-20-13-9-18(5-2)10-14-20/h4-5,7-14,21H,1-2,6,15-16H2,3H3. The third kappa shape index (κ3) is 5.96. The molecule has 0 N–H and O–H groups in total. The van der Waals surface area contributed by atoms with E-state index in [-0.39, 0.29) is 13.2 Å². The number of hydrogen-bond donors (Lipinski definition) is 0. The molecule has 2 rings (SSSR count). The van der Waals surface area contributed by atoms with Crippen LogP contribution in [0.5, 0.6) is 0 Å². The molecule has 0 bridgehead atoms. The molecule has 0 aliphatic carbocycles. The van der Waals surface area contributed by atoms with Crippen molar-refractivity contribution in [3.63, 3.8) is 0 Å². The van der Waals surface area contributed by atoms with Gasteiger partial charge >= 0.3 is 11.9 Å². The van der Waals surface area contributed by atoms with E-state index in [9.17, 15) is 9.59 Å². The average Bonchev–Trinajstić information content (AvgIpc) is 2.72. The second-order valence-electron chi connectivity index (χ2n) is 6.07. The van der Waals surface area contributed by atoms with E-state index in [1.54, 1.807) is 19.1 Å². The number of ether oxygens (including phenoxy) is 2. The molecule has 140 valence electrons. The molecular weight excluding hydrogens is 340 g/mol. The van der Waals surface area contributed by atoms with E-state index in [4.69, 9.17) is 9.47 Å². The van der Waals surface area contributed by atoms with E-state index < -0.39 is 17.9 Å². The van der Waals surface area contributed by atoms with E-state index in [0.717, 1.165) is 22.3 Å². The SMILES string of the molecule is C=Cc1ccc(COC(=O)C(CC)C(=O)OCc2ccc(C=C)cc2)cc1. The topological polar surface area (TPSA) is 52.6 Å². The lowest BCUT2D eigenvalue weighted by Gasteiger charge is -2.14. The van der Waals surface area contributed by atoms with Gasteiger partial charge in [-0.1, -0.05) is 80.8 Å². The third-order valence-electron chi connectivity index (χ3n) is 4.17. The Bertz CT molecular complexity index is 721. The van der Waals surface area contributed by atoms with Crippen LogP contribution in [0.25, 0.3) is 12.2 Å². The van der Waals surface area contributed by atoms with E-state index in [2.05, 4.69) is 13.2 Å². The lowest BCUT2D eigenvalue weighted by atomic mass is 10.1. The first-order valence-corrected chi connectivity index (χ1v) is 8.83. The number of benzene rings is 2. The molecule has 2 aromatic carbocycles. The zero-order valence-electron chi connectivity index (χ0n) is 15.5. The van der Waals surface area contributed by atoms with Crippen molar-refractivity contribution in [1.82, 2.24) is 0 Å². The fourth-order valence-electron chi connectivity index (χ4n) is 2.44. The zero-order chi connectivity index (χ0) is 19.6. The first kappa shape index (κ1) is 20.2. The van der Waals surface area contributed by atoms with Crippen molar-refractivity contribution in [3.8, 4) is 0 Å². The predicted octanol–water partition coefficient (Wildman–Crippen LogP) is 4.79. The molecule has 4 nitrogen and oxygen atoms in total. The number of rotatable bonds is 9. The second-order valence-corrected chi connectivity index (χ2v) is 6.07. The molecule has 0 heterocycles. The maximum atomic E-state index is 12.3. The van der Waals surface area contributed by atoms with Crippen LogP contribution < -0.4 is 0 Å². The molecule has 0 aliphatic rings. The summed E-state index contributed by atoms with van der Waals surface area (Å²) in [5.41, 5.74) is 3.67. The van der Waals surface area contributed by atoms with Crippen molar-refractivity contribution in [1.29, 1.82) is 0 Å². The van der Waals surface area contributed by atoms with E-state index in [1.807, 2.05) is 48.5 Å². The Morgan fingerprint density at radius 2 is 1.19 bits per heavy atom. The molecular formula is C23H24O4. The summed E-state index contributed by atoms with van der Waals surface area (Å²) >= 11 is 0. The lowest BCUT2D eigenvalue weighted by Crippen LogP contribution is -2.27. The van der Waals surface area contributed by atoms with Gasteiger partial charge in [-0.2, -0.15) is 0 Å². The number of hydrogen-bond acceptors (Lipinski definition) is 4. The summed E-state index contributed by atoms with van der Waals surface area (Å²) in [5.74, 6) is -2.07. The van der Waals surface area contributed by atoms with Crippen molar-refractivity contribution in [2.45, 2.75) is 26.6 Å². The first-order valence-electron chi connectivity index (χ1n) is 8.83. The minimum absolute atomic E-state index is 0.114. The molecule has 0 amide bonds. The Kier molecular flexibility index (Phi) is 7.56. The van der Waals surface area contributed by atoms with Crippen LogP contribution in [0.2, 0.25) is 0 Å². The van der Waals surface area contributed by atoms with Gasteiger partial charge in [-0.05, 0) is 28.7 Å². The molecule has 0 atom stereocenters. The van der Waals surface area contributed by atoms with E-state index in [0.29, 0.717) is 6.42 Å². The highest BCUT2D eigenvalue weighted by atomic mass is 16.6. The highest BCUT2D eigenvalue weighted by Crippen LogP contribution is 2.14. The van der Waals surface area contributed by atoms with Crippen LogP contribution in [0, 0.1) is 5.92 Å². The van der Waals surface area contributed by atoms with Gasteiger partial charge < -0.3 is 9.47 Å². The summed E-state index contributed by atoms with van der Waals surface area (Å²) in [4.78, 5) is 24.5. The summed E-state index contributed by atoms with van der Waals surface area (Å²) in [6, 6.07) is 15.0. The number of esters is 2. The van der Waals surface area contributed by atoms with Gasteiger partial charge in [0.1, 0.15) is 13.2 Å². The van der Waals surface area contributed by atoms with E-state index >= 15 is 0 Å². The van der Waals surface area contributed by atoms with Crippen LogP contribution in [0.1, 0.15) is 35.6 Å². The van der Waals surface area contributed by atoms with Gasteiger partial charge in [0, 0.05) is 0 Å². The predicted molar refractivity (Wildman–Crippen MR) is 106 cm³/mol. The van der Waals surface area contributed by atoms with Crippen molar-refractivity contribution in [3.05, 3.63) is 83.9 Å². The third-order valence-corrected chi connectivity index (χ3v) is 4.17. The van der Waals surface area contributed by atoms with Crippen LogP contribution in [-0.4, -0.2) is 11.9 Å². The van der Waals surface area contributed by atoms with Gasteiger partial charge in [0.05, 0.1) is 0 Å². The van der Waals surface area contributed by atoms with Gasteiger partial charge in [0.25, 0.3) is 0 Å². The Labute approximate surface area is 160 Å². The molecule has 0 unspecified atom stereocenters. The van der Waals surface area contributed by atoms with Crippen LogP contribution in [-0.2, 0) is 32.3 Å². The first-order chi connectivity index (χ1) is 13.1. The zero-order valence-corrected chi connectivity index (χ0v) is 15.5. The molecule has 0 aromatic heterocycles. The molecule has 0 saturated heterocycles. The van der Waals surface area contributed by atoms with Gasteiger partial charge in [-0.3, -0.25) is 9.59 Å². The Morgan fingerprint density at radius 1 is 0.815 bits per heavy atom. The number of carbonyl (C=O) groups excluding carboxylic acids is 2. The summed E-state index contributed by atoms with van der Waals surface area (Å²) in [6.07, 6.45) is 3.80. The average molecular weight is 364 g/mol. The molecule has 27 heavy (non-hydrogen) atoms. The maximum absolute atomic E-state index is 12.3. The molecule has 0 aliphatic heterocycles. The van der Waals surface area contributed by atoms with Gasteiger partial charge in [0.15, 0.2) is 5.92 Å². The lowest BCUT2D eigenvalue weighted by molar-refractivity contribution is -0.163. The van der Waals surface area contributed by atoms with Crippen LogP contribution >= 0.6 is 0 Å². The second kappa shape index (κ2) is 10.1. The quantitative estimate of drug-likeness (QED) is 0.474. The smallest absolute Gasteiger partial charge is 0.320 e. The largest absolute Gasteiger partial charge is 0.460 e. The fraction of sp³-hybridized carbons (Fsp3) is 0.217. The highest BCUT2D eigenvalue weighted by Gasteiger charge is 2.28. The Hall–Kier alpha value is -3.14.